The van der Waals surface area contributed by atoms with E-state index in [1.54, 1.807) is 25.7 Å². The van der Waals surface area contributed by atoms with Gasteiger partial charge in [-0.1, -0.05) is 87.5 Å². The molecule has 3 saturated carbocycles. The van der Waals surface area contributed by atoms with Crippen LogP contribution in [0, 0.1) is 41.4 Å². The summed E-state index contributed by atoms with van der Waals surface area (Å²) in [5.41, 5.74) is 0. The quantitative estimate of drug-likeness (QED) is 0.0687. The molecule has 21 nitrogen and oxygen atoms in total. The van der Waals surface area contributed by atoms with E-state index in [1.807, 2.05) is 41.5 Å². The fourth-order valence-electron chi connectivity index (χ4n) is 11.6. The normalized spacial score (nSPS) is 26.0. The van der Waals surface area contributed by atoms with E-state index in [0.717, 1.165) is 70.1 Å². The third-order valence-electron chi connectivity index (χ3n) is 16.5. The number of hydrogen-bond donors (Lipinski definition) is 5. The summed E-state index contributed by atoms with van der Waals surface area (Å²) in [6, 6.07) is -1.55. The Labute approximate surface area is 470 Å². The Kier molecular flexibility index (Phi) is 33.9. The lowest BCUT2D eigenvalue weighted by Gasteiger charge is -2.34. The number of carbonyl (C=O) groups excluding carboxylic acids is 8. The maximum Gasteiger partial charge on any atom is 0.407 e. The van der Waals surface area contributed by atoms with Gasteiger partial charge in [-0.3, -0.25) is 33.6 Å². The number of aliphatic carboxylic acids is 2. The van der Waals surface area contributed by atoms with Crippen LogP contribution in [0.25, 0.3) is 0 Å². The van der Waals surface area contributed by atoms with E-state index in [4.69, 9.17) is 5.11 Å². The Hall–Kier alpha value is -5.05. The molecule has 0 bridgehead atoms. The van der Waals surface area contributed by atoms with Gasteiger partial charge in [0.1, 0.15) is 23.9 Å². The number of nitrogens with zero attached hydrogens (tertiary/aromatic N) is 2. The van der Waals surface area contributed by atoms with Crippen molar-refractivity contribution in [2.45, 2.75) is 228 Å². The lowest BCUT2D eigenvalue weighted by atomic mass is 9.89. The first-order chi connectivity index (χ1) is 35.9. The second-order valence-corrected chi connectivity index (χ2v) is 21.4. The Morgan fingerprint density at radius 3 is 1.37 bits per heavy atom. The van der Waals surface area contributed by atoms with Crippen LogP contribution in [0.1, 0.15) is 179 Å². The molecule has 15 atom stereocenters. The number of hydrogen-bond acceptors (Lipinski definition) is 15. The smallest absolute Gasteiger partial charge is 0.407 e. The van der Waals surface area contributed by atoms with Crippen molar-refractivity contribution in [3.05, 3.63) is 0 Å². The Bertz CT molecular complexity index is 1860. The largest absolute Gasteiger partial charge is 0.481 e. The number of carboxylic acids is 2. The molecule has 6 rings (SSSR count). The van der Waals surface area contributed by atoms with Gasteiger partial charge in [0.25, 0.3) is 0 Å². The van der Waals surface area contributed by atoms with Crippen molar-refractivity contribution in [2.24, 2.45) is 41.4 Å². The van der Waals surface area contributed by atoms with E-state index >= 15 is 0 Å². The number of Topliss-reactive ketones (excluding diaryl/α,β-unsaturated/α-hetero) is 2. The predicted octanol–water partition coefficient (Wildman–Crippen LogP) is 7.76. The van der Waals surface area contributed by atoms with Crippen LogP contribution in [0.5, 0.6) is 0 Å². The number of rotatable bonds is 17. The molecular formula is C56H98ClN5O16. The van der Waals surface area contributed by atoms with E-state index in [2.05, 4.69) is 34.9 Å². The van der Waals surface area contributed by atoms with E-state index in [0.29, 0.717) is 37.2 Å². The first-order valence-electron chi connectivity index (χ1n) is 27.6. The molecular weight excluding hydrogens is 1030 g/mol. The summed E-state index contributed by atoms with van der Waals surface area (Å²) < 4.78 is 18.1. The maximum absolute atomic E-state index is 13.2. The monoisotopic (exact) mass is 1130 g/mol. The van der Waals surface area contributed by atoms with Gasteiger partial charge >= 0.3 is 36.1 Å². The van der Waals surface area contributed by atoms with E-state index in [1.165, 1.54) is 52.4 Å². The van der Waals surface area contributed by atoms with Gasteiger partial charge in [-0.25, -0.2) is 14.4 Å². The number of amides is 4. The molecule has 5 N–H and O–H groups in total. The average Bonchev–Trinajstić information content (AvgIpc) is 4.25. The summed E-state index contributed by atoms with van der Waals surface area (Å²) in [5.74, 6) is -1.92. The fraction of sp³-hybridized carbons (Fsp3) is 0.821. The van der Waals surface area contributed by atoms with Gasteiger partial charge in [0.2, 0.25) is 11.8 Å². The van der Waals surface area contributed by atoms with Crippen molar-refractivity contribution in [3.63, 3.8) is 0 Å². The lowest BCUT2D eigenvalue weighted by Crippen LogP contribution is -2.56. The summed E-state index contributed by atoms with van der Waals surface area (Å²) in [5, 5.41) is 27.0. The first kappa shape index (κ1) is 73.0. The number of alkyl carbamates (subject to hydrolysis) is 2. The third-order valence-corrected chi connectivity index (χ3v) is 16.5. The molecule has 3 aliphatic heterocycles. The molecule has 22 heteroatoms. The number of halogens is 1. The van der Waals surface area contributed by atoms with Crippen LogP contribution in [-0.4, -0.2) is 156 Å². The number of nitrogens with one attached hydrogen (secondary N) is 3. The molecule has 450 valence electrons. The number of fused-ring (bicyclic) bond motifs is 3. The summed E-state index contributed by atoms with van der Waals surface area (Å²) in [6.07, 6.45) is 13.2. The minimum absolute atomic E-state index is 0. The van der Waals surface area contributed by atoms with Gasteiger partial charge in [0.15, 0.2) is 5.78 Å². The maximum atomic E-state index is 13.2. The zero-order valence-electron chi connectivity index (χ0n) is 48.1. The number of esters is 2. The third kappa shape index (κ3) is 21.2. The number of ether oxygens (including phenoxy) is 4. The number of likely N-dealkylation sites (tertiary alicyclic amines) is 2. The number of carbonyl (C=O) groups is 10. The zero-order chi connectivity index (χ0) is 57.6. The molecule has 0 unspecified atom stereocenters. The average molecular weight is 1130 g/mol. The molecule has 6 aliphatic rings. The molecule has 0 aromatic rings. The van der Waals surface area contributed by atoms with Crippen LogP contribution < -0.4 is 16.0 Å². The molecule has 3 saturated heterocycles. The van der Waals surface area contributed by atoms with E-state index < -0.39 is 54.1 Å². The van der Waals surface area contributed by atoms with Gasteiger partial charge in [-0.2, -0.15) is 0 Å². The highest BCUT2D eigenvalue weighted by Crippen LogP contribution is 2.43. The Morgan fingerprint density at radius 2 is 1.03 bits per heavy atom. The molecule has 0 spiro atoms. The van der Waals surface area contributed by atoms with Gasteiger partial charge in [-0.15, -0.1) is 12.4 Å². The topological polar surface area (TPSA) is 291 Å². The fourth-order valence-corrected chi connectivity index (χ4v) is 11.6. The molecule has 78 heavy (non-hydrogen) atoms. The van der Waals surface area contributed by atoms with Gasteiger partial charge in [0.05, 0.1) is 52.4 Å². The van der Waals surface area contributed by atoms with Crippen LogP contribution >= 0.6 is 12.4 Å². The molecule has 3 heterocycles. The molecule has 4 amide bonds. The van der Waals surface area contributed by atoms with Crippen molar-refractivity contribution < 1.29 is 77.1 Å². The Balaban J connectivity index is 0.00000101. The summed E-state index contributed by atoms with van der Waals surface area (Å²) >= 11 is 0. The second kappa shape index (κ2) is 36.3. The summed E-state index contributed by atoms with van der Waals surface area (Å²) in [6.45, 7) is 18.3. The SMILES string of the molecule is C.CC(=O)[C@@H]1C[C@@H]2CCC[C@@H]2N1.CCOC(C)=O.CC[C@H](C)[C@H](CC(=O)OC)C(=O)O.CC[C@H](C)[C@H](NC(=O)OC)C(=O)N1[C@H](C(=O)O)C[C@@H]2CCC[C@@H]21.CC[C@H](C)[C@H](NC(=O)OC)C(=O)N1[C@H](C(C)=O)C[C@@H]2CCC[C@@H]21.Cl. The van der Waals surface area contributed by atoms with E-state index in [-0.39, 0.29) is 97.7 Å². The first-order valence-corrected chi connectivity index (χ1v) is 27.6. The predicted molar refractivity (Wildman–Crippen MR) is 295 cm³/mol. The van der Waals surface area contributed by atoms with Crippen LogP contribution in [0.3, 0.4) is 0 Å². The zero-order valence-corrected chi connectivity index (χ0v) is 48.9. The van der Waals surface area contributed by atoms with Crippen LogP contribution in [0.15, 0.2) is 0 Å². The van der Waals surface area contributed by atoms with Gasteiger partial charge < -0.3 is 54.9 Å². The highest BCUT2D eigenvalue weighted by atomic mass is 35.5. The van der Waals surface area contributed by atoms with E-state index in [9.17, 15) is 53.1 Å². The van der Waals surface area contributed by atoms with Crippen molar-refractivity contribution in [3.8, 4) is 0 Å². The van der Waals surface area contributed by atoms with Crippen molar-refractivity contribution >= 4 is 71.9 Å². The summed E-state index contributed by atoms with van der Waals surface area (Å²) in [4.78, 5) is 119. The van der Waals surface area contributed by atoms with Crippen molar-refractivity contribution in [1.82, 2.24) is 25.8 Å². The number of carboxylic acid groups (broad SMARTS) is 2. The second-order valence-electron chi connectivity index (χ2n) is 21.4. The molecule has 0 aromatic heterocycles. The Morgan fingerprint density at radius 1 is 0.590 bits per heavy atom. The minimum atomic E-state index is -0.964. The van der Waals surface area contributed by atoms with Crippen LogP contribution in [-0.2, 0) is 57.3 Å². The van der Waals surface area contributed by atoms with Gasteiger partial charge in [-0.05, 0) is 114 Å². The van der Waals surface area contributed by atoms with Gasteiger partial charge in [0, 0.05) is 25.0 Å². The minimum Gasteiger partial charge on any atom is -0.481 e. The molecule has 3 aliphatic carbocycles. The van der Waals surface area contributed by atoms with Crippen molar-refractivity contribution in [2.75, 3.05) is 27.9 Å². The number of ketones is 2. The van der Waals surface area contributed by atoms with Crippen molar-refractivity contribution in [1.29, 1.82) is 0 Å². The highest BCUT2D eigenvalue weighted by Gasteiger charge is 2.52. The van der Waals surface area contributed by atoms with Crippen LogP contribution in [0.2, 0.25) is 0 Å². The molecule has 0 aromatic carbocycles. The molecule has 0 radical (unpaired) electrons. The van der Waals surface area contributed by atoms with Crippen LogP contribution in [0.4, 0.5) is 9.59 Å². The summed E-state index contributed by atoms with van der Waals surface area (Å²) in [7, 11) is 3.79. The lowest BCUT2D eigenvalue weighted by molar-refractivity contribution is -0.151. The number of methoxy groups -OCH3 is 3. The standard InChI is InChI=1S/C17H28N2O4.C16H26N2O5.C9H15NO.C9H16O4.C4H8O2.CH4.ClH/c1-5-10(2)15(18-17(22)23-4)16(21)19-13-8-6-7-12(13)9-14(19)11(3)20;1-4-9(2)13(17-16(22)23-3)14(19)18-11-7-5-6-10(11)8-12(18)15(20)21;1-6(11)9-5-7-3-2-4-8(7)10-9;1-4-6(2)7(9(11)12)5-8(10)13-3;1-3-6-4(2)5;;/h10,12-15H,5-9H2,1-4H3,(H,18,22);9-13H,4-8H2,1-3H3,(H,17,22)(H,20,21);7-10H,2-5H2,1H3;6-7H,4-5H2,1-3H3,(H,11,12);3H2,1-2H3;1H4;1H/t10-,12-,13-,14-,15-;9-,10-,11-,12-,13-;7-,8-,9-;6-,7-;;;/m0000.../s1. The highest BCUT2D eigenvalue weighted by molar-refractivity contribution is 5.93. The molecule has 6 fully saturated rings.